The molecule has 3 heterocycles. The van der Waals surface area contributed by atoms with Gasteiger partial charge < -0.3 is 34.5 Å². The van der Waals surface area contributed by atoms with E-state index in [0.29, 0.717) is 45.3 Å². The largest absolute Gasteiger partial charge is 0.872 e. The van der Waals surface area contributed by atoms with Crippen LogP contribution in [0.2, 0.25) is 0 Å². The lowest BCUT2D eigenvalue weighted by Gasteiger charge is -2.25. The summed E-state index contributed by atoms with van der Waals surface area (Å²) in [6.45, 7) is 44.6. The highest BCUT2D eigenvalue weighted by Gasteiger charge is 2.31. The molecular weight excluding hydrogens is 1610 g/mol. The number of carboxylic acid groups (broad SMARTS) is 2. The van der Waals surface area contributed by atoms with Gasteiger partial charge in [-0.15, -0.1) is 11.5 Å². The molecule has 21 aromatic rings. The number of aromatic carboxylic acids is 2. The van der Waals surface area contributed by atoms with Crippen molar-refractivity contribution in [3.05, 3.63) is 383 Å². The van der Waals surface area contributed by atoms with E-state index in [2.05, 4.69) is 279 Å². The van der Waals surface area contributed by atoms with E-state index >= 15 is 0 Å². The number of pyridine rings is 1. The van der Waals surface area contributed by atoms with Crippen LogP contribution in [0.1, 0.15) is 169 Å². The fraction of sp³-hybridized carbons (Fsp3) is 0.165. The summed E-state index contributed by atoms with van der Waals surface area (Å²) in [5, 5.41) is 78.3. The Bertz CT molecular complexity index is 8560. The second-order valence-corrected chi connectivity index (χ2v) is 40.2. The van der Waals surface area contributed by atoms with Gasteiger partial charge in [-0.1, -0.05) is 345 Å². The molecule has 0 atom stereocenters. The molecular formula is C121H101NO9-2. The number of fused-ring (bicyclic) bond motifs is 8. The molecule has 23 rings (SSSR count). The molecule has 0 aliphatic carbocycles. The molecule has 2 N–H and O–H groups in total. The zero-order valence-corrected chi connectivity index (χ0v) is 76.5. The Balaban J connectivity index is 0.000000107. The molecule has 2 aliphatic rings. The maximum absolute atomic E-state index is 13.5. The van der Waals surface area contributed by atoms with E-state index in [9.17, 15) is 34.8 Å². The highest BCUT2D eigenvalue weighted by Crippen LogP contribution is 2.48. The van der Waals surface area contributed by atoms with Gasteiger partial charge in [0.25, 0.3) is 5.56 Å². The van der Waals surface area contributed by atoms with E-state index in [1.165, 1.54) is 149 Å². The third kappa shape index (κ3) is 14.8. The first kappa shape index (κ1) is 85.3. The van der Waals surface area contributed by atoms with Crippen molar-refractivity contribution in [3.8, 4) is 34.5 Å². The molecule has 0 saturated heterocycles. The van der Waals surface area contributed by atoms with Crippen LogP contribution in [0.25, 0.3) is 160 Å². The Morgan fingerprint density at radius 2 is 0.656 bits per heavy atom. The van der Waals surface area contributed by atoms with Crippen LogP contribution in [-0.4, -0.2) is 26.7 Å². The number of aromatic nitrogens is 1. The smallest absolute Gasteiger partial charge is 0.336 e. The van der Waals surface area contributed by atoms with Gasteiger partial charge in [0, 0.05) is 59.8 Å². The van der Waals surface area contributed by atoms with Crippen molar-refractivity contribution in [3.63, 3.8) is 0 Å². The summed E-state index contributed by atoms with van der Waals surface area (Å²) in [5.74, 6) is -0.382. The maximum atomic E-state index is 13.5. The van der Waals surface area contributed by atoms with Crippen LogP contribution in [0.5, 0.6) is 34.5 Å². The van der Waals surface area contributed by atoms with Gasteiger partial charge in [0.05, 0.1) is 11.1 Å². The number of hydrogen-bond acceptors (Lipinski definition) is 7. The van der Waals surface area contributed by atoms with Gasteiger partial charge in [-0.25, -0.2) is 9.59 Å². The fourth-order valence-electron chi connectivity index (χ4n) is 20.1. The minimum atomic E-state index is -1.00. The van der Waals surface area contributed by atoms with E-state index < -0.39 is 11.9 Å². The summed E-state index contributed by atoms with van der Waals surface area (Å²) in [4.78, 5) is 37.7. The minimum Gasteiger partial charge on any atom is -0.872 e. The molecule has 0 radical (unpaired) electrons. The van der Waals surface area contributed by atoms with Crippen LogP contribution in [-0.2, 0) is 27.2 Å². The van der Waals surface area contributed by atoms with E-state index in [4.69, 9.17) is 9.47 Å². The Hall–Kier alpha value is -15.1. The number of ether oxygens (including phenoxy) is 2. The fourth-order valence-corrected chi connectivity index (χ4v) is 20.1. The Morgan fingerprint density at radius 1 is 0.298 bits per heavy atom. The third-order valence-electron chi connectivity index (χ3n) is 26.3. The second kappa shape index (κ2) is 31.4. The van der Waals surface area contributed by atoms with E-state index in [-0.39, 0.29) is 55.4 Å². The van der Waals surface area contributed by atoms with Gasteiger partial charge in [-0.05, 0) is 248 Å². The molecule has 0 bridgehead atoms. The van der Waals surface area contributed by atoms with Crippen molar-refractivity contribution in [1.82, 2.24) is 4.57 Å². The quantitative estimate of drug-likeness (QED) is 0.129. The van der Waals surface area contributed by atoms with Crippen molar-refractivity contribution >= 4 is 172 Å². The first-order valence-electron chi connectivity index (χ1n) is 44.6. The lowest BCUT2D eigenvalue weighted by atomic mass is 9.80. The number of carbonyl (C=O) groups is 2. The maximum Gasteiger partial charge on any atom is 0.336 e. The zero-order chi connectivity index (χ0) is 92.3. The van der Waals surface area contributed by atoms with E-state index in [1.807, 2.05) is 79.9 Å². The molecule has 10 heteroatoms. The summed E-state index contributed by atoms with van der Waals surface area (Å²) >= 11 is 0. The van der Waals surface area contributed by atoms with E-state index in [0.717, 1.165) is 64.7 Å². The second-order valence-electron chi connectivity index (χ2n) is 40.2. The predicted octanol–water partition coefficient (Wildman–Crippen LogP) is 25.9. The van der Waals surface area contributed by atoms with Crippen molar-refractivity contribution in [2.24, 2.45) is 0 Å². The third-order valence-corrected chi connectivity index (χ3v) is 26.3. The molecule has 2 aliphatic heterocycles. The Labute approximate surface area is 760 Å². The minimum absolute atomic E-state index is 0.0377. The summed E-state index contributed by atoms with van der Waals surface area (Å²) in [7, 11) is 0. The van der Waals surface area contributed by atoms with Crippen molar-refractivity contribution in [2.75, 3.05) is 0 Å². The summed E-state index contributed by atoms with van der Waals surface area (Å²) < 4.78 is 13.8. The number of nitrogens with zero attached hydrogens (tertiary/aromatic N) is 1. The molecule has 20 aromatic carbocycles. The molecule has 0 saturated carbocycles. The monoisotopic (exact) mass is 1710 g/mol. The number of rotatable bonds is 4. The summed E-state index contributed by atoms with van der Waals surface area (Å²) in [6.07, 6.45) is 0. The first-order valence-corrected chi connectivity index (χ1v) is 44.6. The standard InChI is InChI=1S/C27H21NO.2C25H22O4.C24H20.C20H18/c1-15-17-11-12-20-18-9-5-7-16-8-6-10-19(23(16)18)21-13-14-22(24(17)25(20)21)26(29)28(15)27(2,3)4;1-14-5-8-18-21(11-14)29-22-13-16(26)7-10-19(22)23(18)20-12-15(25(2,3)4)6-9-17(20)24(27)28;1-14-5-8-18-21(11-14)29-22-13-16(26)7-10-19(22)23(18)17-9-6-15(25(2,3)4)12-20(17)24(27)28;1-24(2,3)21-14-13-19-17-10-5-8-15-7-4-9-16(22(15)17)18-11-6-12-20(21)23(18)19;1-20(2,3)17-12-10-15-8-7-13-5-4-6-14-9-11-16(17)19(15)18(13)14/h5-14H,1H2,2-4H3;2*5-13,26H,1H2,2-4H3,(H,27,28);4-14H,1-3H3;4-12H,1-3H3/p-2. The van der Waals surface area contributed by atoms with E-state index in [1.54, 1.807) is 36.4 Å². The molecule has 0 fully saturated rings. The van der Waals surface area contributed by atoms with Gasteiger partial charge in [0.2, 0.25) is 0 Å². The lowest BCUT2D eigenvalue weighted by Crippen LogP contribution is -2.43. The van der Waals surface area contributed by atoms with Crippen LogP contribution >= 0.6 is 0 Å². The van der Waals surface area contributed by atoms with Gasteiger partial charge in [0.15, 0.2) is 0 Å². The van der Waals surface area contributed by atoms with Crippen LogP contribution in [0.4, 0.5) is 0 Å². The summed E-state index contributed by atoms with van der Waals surface area (Å²) in [5.41, 5.74) is 8.99. The van der Waals surface area contributed by atoms with Crippen LogP contribution in [0, 0.1) is 0 Å². The molecule has 10 nitrogen and oxygen atoms in total. The number of carboxylic acids is 2. The summed E-state index contributed by atoms with van der Waals surface area (Å²) in [6, 6.07) is 97.6. The average molecular weight is 1710 g/mol. The molecule has 1 aromatic heterocycles. The molecule has 0 amide bonds. The van der Waals surface area contributed by atoms with Crippen LogP contribution < -0.4 is 51.5 Å². The first-order chi connectivity index (χ1) is 62.3. The highest BCUT2D eigenvalue weighted by atomic mass is 16.5. The molecule has 646 valence electrons. The number of hydrogen-bond donors (Lipinski definition) is 2. The zero-order valence-electron chi connectivity index (χ0n) is 76.5. The predicted molar refractivity (Wildman–Crippen MR) is 542 cm³/mol. The Morgan fingerprint density at radius 3 is 1.15 bits per heavy atom. The van der Waals surface area contributed by atoms with Crippen molar-refractivity contribution in [2.45, 2.75) is 131 Å². The lowest BCUT2D eigenvalue weighted by molar-refractivity contribution is -0.269. The van der Waals surface area contributed by atoms with Gasteiger partial charge in [0.1, 0.15) is 23.0 Å². The number of benzene rings is 20. The normalized spacial score (nSPS) is 12.8. The molecule has 0 spiro atoms. The molecule has 131 heavy (non-hydrogen) atoms. The van der Waals surface area contributed by atoms with Crippen LogP contribution in [0.3, 0.4) is 0 Å². The van der Waals surface area contributed by atoms with Crippen LogP contribution in [0.15, 0.2) is 296 Å². The van der Waals surface area contributed by atoms with Gasteiger partial charge in [-0.3, -0.25) is 4.79 Å². The van der Waals surface area contributed by atoms with Crippen molar-refractivity contribution in [1.29, 1.82) is 0 Å². The highest BCUT2D eigenvalue weighted by molar-refractivity contribution is 6.37. The average Bonchev–Trinajstić information content (AvgIpc) is 0.687. The van der Waals surface area contributed by atoms with Gasteiger partial charge >= 0.3 is 11.9 Å². The molecule has 0 unspecified atom stereocenters. The SMILES string of the molecule is C=c1c2ccc3c4cccc5cccc(c6ccc(c(=O)n1C(C)(C)C)c2c36)c54.C=c1ccc2c(c1)Oc1cc([O-])ccc1C=2c1cc(C(C)(C)C)ccc1C(=O)O.C=c1ccc2c(c1)Oc1cc([O-])ccc1C=2c1ccc(C(C)(C)C)cc1C(=O)O.CC(C)(C)c1ccc2c3cccc4cccc(c5cccc1c52)c43.CC(C)(C)c1ccc2ccc3cccc4ccc1c2c34. The topological polar surface area (TPSA) is 161 Å². The Kier molecular flexibility index (Phi) is 20.4. The van der Waals surface area contributed by atoms with Crippen molar-refractivity contribution < 1.29 is 39.5 Å². The van der Waals surface area contributed by atoms with Gasteiger partial charge in [-0.2, -0.15) is 0 Å².